The van der Waals surface area contributed by atoms with E-state index in [4.69, 9.17) is 0 Å². The highest BCUT2D eigenvalue weighted by atomic mass is 31.0. The monoisotopic (exact) mass is 204 g/mol. The molecule has 4 nitrogen and oxygen atoms in total. The van der Waals surface area contributed by atoms with Crippen LogP contribution in [0.3, 0.4) is 0 Å². The lowest BCUT2D eigenvalue weighted by Crippen LogP contribution is -2.33. The molecule has 0 aromatic carbocycles. The van der Waals surface area contributed by atoms with Crippen molar-refractivity contribution in [3.8, 4) is 0 Å². The van der Waals surface area contributed by atoms with Gasteiger partial charge in [-0.25, -0.2) is 0 Å². The minimum absolute atomic E-state index is 0.109. The number of hydrogen-bond acceptors (Lipinski definition) is 4. The molecule has 0 radical (unpaired) electrons. The predicted octanol–water partition coefficient (Wildman–Crippen LogP) is 0.936. The lowest BCUT2D eigenvalue weighted by Gasteiger charge is -2.22. The summed E-state index contributed by atoms with van der Waals surface area (Å²) in [5.41, 5.74) is 0. The van der Waals surface area contributed by atoms with Crippen LogP contribution in [0, 0.1) is 5.92 Å². The maximum Gasteiger partial charge on any atom is 0.312 e. The van der Waals surface area contributed by atoms with Crippen LogP contribution in [0.1, 0.15) is 13.8 Å². The van der Waals surface area contributed by atoms with E-state index in [2.05, 4.69) is 19.1 Å². The van der Waals surface area contributed by atoms with Gasteiger partial charge >= 0.3 is 5.97 Å². The van der Waals surface area contributed by atoms with E-state index in [9.17, 15) is 4.79 Å². The van der Waals surface area contributed by atoms with E-state index in [0.29, 0.717) is 13.1 Å². The van der Waals surface area contributed by atoms with Crippen molar-refractivity contribution in [3.63, 3.8) is 0 Å². The molecule has 0 spiro atoms. The normalized spacial score (nSPS) is 20.3. The molecular weight excluding hydrogens is 187 g/mol. The summed E-state index contributed by atoms with van der Waals surface area (Å²) in [5.74, 6) is -0.295. The maximum absolute atomic E-state index is 11.0. The molecule has 0 N–H and O–H groups in total. The Morgan fingerprint density at radius 3 is 2.77 bits per heavy atom. The van der Waals surface area contributed by atoms with E-state index in [0.717, 1.165) is 0 Å². The zero-order valence-electron chi connectivity index (χ0n) is 8.36. The number of aliphatic imine (C=N–C) groups is 1. The number of nitrogens with zero attached hydrogens (tertiary/aromatic N) is 2. The summed E-state index contributed by atoms with van der Waals surface area (Å²) in [6, 6.07) is 0. The smallest absolute Gasteiger partial charge is 0.312 e. The number of ether oxygens (including phenoxy) is 1. The van der Waals surface area contributed by atoms with Crippen LogP contribution < -0.4 is 0 Å². The third kappa shape index (κ3) is 4.23. The van der Waals surface area contributed by atoms with Gasteiger partial charge in [0.15, 0.2) is 0 Å². The Hall–Kier alpha value is -0.630. The predicted molar refractivity (Wildman–Crippen MR) is 56.6 cm³/mol. The van der Waals surface area contributed by atoms with Gasteiger partial charge in [-0.15, -0.1) is 0 Å². The molecule has 0 aliphatic carbocycles. The van der Waals surface area contributed by atoms with E-state index in [1.54, 1.807) is 11.0 Å². The summed E-state index contributed by atoms with van der Waals surface area (Å²) in [7, 11) is 3.87. The summed E-state index contributed by atoms with van der Waals surface area (Å²) in [5, 5.41) is 0. The van der Waals surface area contributed by atoms with Crippen LogP contribution in [0.5, 0.6) is 0 Å². The number of esters is 1. The van der Waals surface area contributed by atoms with Crippen molar-refractivity contribution in [2.75, 3.05) is 20.2 Å². The van der Waals surface area contributed by atoms with Crippen molar-refractivity contribution in [3.05, 3.63) is 0 Å². The average Bonchev–Trinajstić information content (AvgIpc) is 2.20. The molecule has 0 aromatic rings. The SMILES string of the molecule is CC.COC(=O)C1CN=CN(P)C1. The summed E-state index contributed by atoms with van der Waals surface area (Å²) in [6.45, 7) is 5.21. The molecule has 1 aliphatic rings. The number of carbonyl (C=O) groups is 1. The molecule has 0 aromatic heterocycles. The molecule has 13 heavy (non-hydrogen) atoms. The first-order chi connectivity index (χ1) is 6.24. The van der Waals surface area contributed by atoms with Gasteiger partial charge in [0.1, 0.15) is 0 Å². The lowest BCUT2D eigenvalue weighted by atomic mass is 10.1. The number of rotatable bonds is 1. The molecule has 1 aliphatic heterocycles. The highest BCUT2D eigenvalue weighted by Gasteiger charge is 2.22. The van der Waals surface area contributed by atoms with Crippen LogP contribution in [-0.2, 0) is 9.53 Å². The highest BCUT2D eigenvalue weighted by Crippen LogP contribution is 2.10. The summed E-state index contributed by atoms with van der Waals surface area (Å²) < 4.78 is 6.39. The van der Waals surface area contributed by atoms with E-state index in [-0.39, 0.29) is 11.9 Å². The molecule has 2 unspecified atom stereocenters. The van der Waals surface area contributed by atoms with Crippen molar-refractivity contribution in [1.82, 2.24) is 4.67 Å². The van der Waals surface area contributed by atoms with Crippen LogP contribution in [-0.4, -0.2) is 37.2 Å². The molecule has 76 valence electrons. The van der Waals surface area contributed by atoms with Gasteiger partial charge in [0.05, 0.1) is 25.9 Å². The van der Waals surface area contributed by atoms with Crippen molar-refractivity contribution in [2.45, 2.75) is 13.8 Å². The Morgan fingerprint density at radius 2 is 2.31 bits per heavy atom. The molecule has 1 heterocycles. The zero-order valence-corrected chi connectivity index (χ0v) is 9.51. The first kappa shape index (κ1) is 12.4. The Kier molecular flexibility index (Phi) is 6.51. The highest BCUT2D eigenvalue weighted by molar-refractivity contribution is 7.14. The van der Waals surface area contributed by atoms with Gasteiger partial charge in [-0.2, -0.15) is 0 Å². The second-order valence-corrected chi connectivity index (χ2v) is 3.06. The van der Waals surface area contributed by atoms with Crippen LogP contribution in [0.25, 0.3) is 0 Å². The van der Waals surface area contributed by atoms with E-state index in [1.165, 1.54) is 7.11 Å². The number of hydrogen-bond donors (Lipinski definition) is 0. The third-order valence-corrected chi connectivity index (χ3v) is 1.87. The lowest BCUT2D eigenvalue weighted by molar-refractivity contribution is -0.145. The first-order valence-corrected chi connectivity index (χ1v) is 4.85. The fourth-order valence-electron chi connectivity index (χ4n) is 0.954. The minimum Gasteiger partial charge on any atom is -0.469 e. The Morgan fingerprint density at radius 1 is 1.69 bits per heavy atom. The molecule has 1 rings (SSSR count). The van der Waals surface area contributed by atoms with Crippen molar-refractivity contribution in [1.29, 1.82) is 0 Å². The topological polar surface area (TPSA) is 41.9 Å². The molecule has 0 fully saturated rings. The van der Waals surface area contributed by atoms with Crippen LogP contribution in [0.15, 0.2) is 4.99 Å². The van der Waals surface area contributed by atoms with Gasteiger partial charge in [-0.1, -0.05) is 13.8 Å². The summed E-state index contributed by atoms with van der Waals surface area (Å²) in [4.78, 5) is 15.0. The van der Waals surface area contributed by atoms with Crippen molar-refractivity contribution in [2.24, 2.45) is 10.9 Å². The fraction of sp³-hybridized carbons (Fsp3) is 0.750. The Balaban J connectivity index is 0.000000671. The maximum atomic E-state index is 11.0. The van der Waals surface area contributed by atoms with Gasteiger partial charge < -0.3 is 9.41 Å². The van der Waals surface area contributed by atoms with Gasteiger partial charge in [-0.05, 0) is 9.39 Å². The van der Waals surface area contributed by atoms with Gasteiger partial charge in [0.25, 0.3) is 0 Å². The standard InChI is InChI=1S/C6H11N2O2P.C2H6/c1-10-6(9)5-2-7-4-8(11)3-5;1-2/h4-5H,2-3,11H2,1H3;1-2H3. The molecular formula is C8H17N2O2P. The Labute approximate surface area is 81.6 Å². The van der Waals surface area contributed by atoms with Gasteiger partial charge in [-0.3, -0.25) is 9.79 Å². The third-order valence-electron chi connectivity index (χ3n) is 1.52. The Bertz CT molecular complexity index is 185. The van der Waals surface area contributed by atoms with Crippen LogP contribution in [0.2, 0.25) is 0 Å². The molecule has 0 saturated heterocycles. The molecule has 0 amide bonds. The molecule has 5 heteroatoms. The quantitative estimate of drug-likeness (QED) is 0.471. The van der Waals surface area contributed by atoms with Crippen LogP contribution >= 0.6 is 9.39 Å². The zero-order chi connectivity index (χ0) is 10.3. The van der Waals surface area contributed by atoms with Gasteiger partial charge in [0.2, 0.25) is 0 Å². The summed E-state index contributed by atoms with van der Waals surface area (Å²) >= 11 is 0. The minimum atomic E-state index is -0.186. The van der Waals surface area contributed by atoms with E-state index >= 15 is 0 Å². The average molecular weight is 204 g/mol. The fourth-order valence-corrected chi connectivity index (χ4v) is 1.30. The molecule has 0 bridgehead atoms. The van der Waals surface area contributed by atoms with E-state index < -0.39 is 0 Å². The number of methoxy groups -OCH3 is 1. The van der Waals surface area contributed by atoms with Crippen molar-refractivity contribution >= 4 is 21.7 Å². The second kappa shape index (κ2) is 6.84. The van der Waals surface area contributed by atoms with Gasteiger partial charge in [0, 0.05) is 6.54 Å². The molecule has 2 atom stereocenters. The van der Waals surface area contributed by atoms with E-state index in [1.807, 2.05) is 13.8 Å². The largest absolute Gasteiger partial charge is 0.469 e. The second-order valence-electron chi connectivity index (χ2n) is 2.40. The van der Waals surface area contributed by atoms with Crippen LogP contribution in [0.4, 0.5) is 0 Å². The summed E-state index contributed by atoms with van der Waals surface area (Å²) in [6.07, 6.45) is 1.70. The number of carbonyl (C=O) groups excluding carboxylic acids is 1. The van der Waals surface area contributed by atoms with Crippen molar-refractivity contribution < 1.29 is 9.53 Å². The molecule has 0 saturated carbocycles. The first-order valence-electron chi connectivity index (χ1n) is 4.33.